The van der Waals surface area contributed by atoms with E-state index in [2.05, 4.69) is 300 Å². The Labute approximate surface area is 441 Å². The van der Waals surface area contributed by atoms with Crippen molar-refractivity contribution in [2.24, 2.45) is 0 Å². The molecule has 1 aliphatic heterocycles. The molecule has 358 valence electrons. The van der Waals surface area contributed by atoms with E-state index in [9.17, 15) is 0 Å². The van der Waals surface area contributed by atoms with Crippen LogP contribution in [0.3, 0.4) is 0 Å². The van der Waals surface area contributed by atoms with Crippen LogP contribution in [0.1, 0.15) is 11.5 Å². The molecule has 0 bridgehead atoms. The van der Waals surface area contributed by atoms with Gasteiger partial charge >= 0.3 is 0 Å². The summed E-state index contributed by atoms with van der Waals surface area (Å²) in [4.78, 5) is 4.93. The summed E-state index contributed by atoms with van der Waals surface area (Å²) >= 11 is 0. The van der Waals surface area contributed by atoms with Gasteiger partial charge in [-0.3, -0.25) is 0 Å². The SMILES string of the molecule is C1=CC2c3ccccc3N(c3cc(-c4cccc(N(c5ccc(-c6ccccc6)cc5)c5ccc(-c6ccccc6)cc5)c4)cc(-c4ccc5oc6ccc(-n7c8ccccc8c8ccccc87)cc6c5c4)c3)C2C=C1. The monoisotopic (exact) mass is 971 g/mol. The topological polar surface area (TPSA) is 24.6 Å². The van der Waals surface area contributed by atoms with E-state index in [1.165, 1.54) is 55.3 Å². The zero-order valence-electron chi connectivity index (χ0n) is 41.5. The van der Waals surface area contributed by atoms with Crippen LogP contribution in [-0.2, 0) is 0 Å². The minimum Gasteiger partial charge on any atom is -0.456 e. The Morgan fingerprint density at radius 1 is 0.329 bits per heavy atom. The highest BCUT2D eigenvalue weighted by Crippen LogP contribution is 2.50. The van der Waals surface area contributed by atoms with Gasteiger partial charge in [-0.1, -0.05) is 182 Å². The molecule has 0 radical (unpaired) electrons. The van der Waals surface area contributed by atoms with E-state index in [0.29, 0.717) is 0 Å². The van der Waals surface area contributed by atoms with Crippen LogP contribution in [0.5, 0.6) is 0 Å². The highest BCUT2D eigenvalue weighted by atomic mass is 16.3. The molecule has 0 amide bonds. The molecule has 1 aliphatic carbocycles. The Kier molecular flexibility index (Phi) is 10.3. The molecule has 0 saturated heterocycles. The van der Waals surface area contributed by atoms with Crippen LogP contribution < -0.4 is 9.80 Å². The number of nitrogens with zero attached hydrogens (tertiary/aromatic N) is 3. The fourth-order valence-corrected chi connectivity index (χ4v) is 12.1. The fraction of sp³-hybridized carbons (Fsp3) is 0.0278. The number of benzene rings is 11. The number of hydrogen-bond donors (Lipinski definition) is 0. The zero-order chi connectivity index (χ0) is 50.1. The van der Waals surface area contributed by atoms with E-state index in [4.69, 9.17) is 4.42 Å². The van der Waals surface area contributed by atoms with E-state index < -0.39 is 0 Å². The number of anilines is 5. The zero-order valence-corrected chi connectivity index (χ0v) is 41.5. The molecule has 15 rings (SSSR count). The van der Waals surface area contributed by atoms with E-state index >= 15 is 0 Å². The van der Waals surface area contributed by atoms with Gasteiger partial charge in [0.2, 0.25) is 0 Å². The van der Waals surface area contributed by atoms with Gasteiger partial charge in [0.25, 0.3) is 0 Å². The minimum atomic E-state index is 0.143. The summed E-state index contributed by atoms with van der Waals surface area (Å²) in [5.41, 5.74) is 21.4. The van der Waals surface area contributed by atoms with E-state index in [1.54, 1.807) is 0 Å². The van der Waals surface area contributed by atoms with Crippen molar-refractivity contribution < 1.29 is 4.42 Å². The number of aromatic nitrogens is 1. The van der Waals surface area contributed by atoms with E-state index in [-0.39, 0.29) is 12.0 Å². The molecule has 4 nitrogen and oxygen atoms in total. The number of hydrogen-bond acceptors (Lipinski definition) is 3. The first-order valence-electron chi connectivity index (χ1n) is 26.2. The normalized spacial score (nSPS) is 14.7. The summed E-state index contributed by atoms with van der Waals surface area (Å²) < 4.78 is 9.00. The van der Waals surface area contributed by atoms with Crippen LogP contribution in [-0.4, -0.2) is 10.6 Å². The number of allylic oxidation sites excluding steroid dienone is 2. The smallest absolute Gasteiger partial charge is 0.135 e. The molecule has 2 aliphatic rings. The van der Waals surface area contributed by atoms with Crippen molar-refractivity contribution in [2.45, 2.75) is 12.0 Å². The van der Waals surface area contributed by atoms with Gasteiger partial charge < -0.3 is 18.8 Å². The number of rotatable bonds is 9. The van der Waals surface area contributed by atoms with Gasteiger partial charge in [-0.2, -0.15) is 0 Å². The predicted molar refractivity (Wildman–Crippen MR) is 318 cm³/mol. The third-order valence-electron chi connectivity index (χ3n) is 15.7. The molecule has 0 fully saturated rings. The van der Waals surface area contributed by atoms with Gasteiger partial charge in [0.05, 0.1) is 17.1 Å². The summed E-state index contributed by atoms with van der Waals surface area (Å²) in [6.45, 7) is 0. The summed E-state index contributed by atoms with van der Waals surface area (Å²) in [5.74, 6) is 0.254. The maximum absolute atomic E-state index is 6.62. The molecule has 13 aromatic rings. The summed E-state index contributed by atoms with van der Waals surface area (Å²) in [5, 5.41) is 4.66. The first kappa shape index (κ1) is 43.7. The molecule has 2 unspecified atom stereocenters. The van der Waals surface area contributed by atoms with Gasteiger partial charge in [-0.25, -0.2) is 0 Å². The molecule has 2 atom stereocenters. The molecule has 0 saturated carbocycles. The molecular formula is C72H49N3O. The van der Waals surface area contributed by atoms with E-state index in [0.717, 1.165) is 72.6 Å². The van der Waals surface area contributed by atoms with Gasteiger partial charge in [-0.15, -0.1) is 0 Å². The Morgan fingerprint density at radius 3 is 1.53 bits per heavy atom. The maximum Gasteiger partial charge on any atom is 0.135 e. The second-order valence-corrected chi connectivity index (χ2v) is 20.1. The van der Waals surface area contributed by atoms with Gasteiger partial charge in [0, 0.05) is 61.6 Å². The first-order chi connectivity index (χ1) is 37.7. The molecule has 11 aromatic carbocycles. The predicted octanol–water partition coefficient (Wildman–Crippen LogP) is 19.6. The van der Waals surface area contributed by atoms with Crippen molar-refractivity contribution in [1.82, 2.24) is 4.57 Å². The van der Waals surface area contributed by atoms with Crippen LogP contribution in [0.15, 0.2) is 290 Å². The second kappa shape index (κ2) is 17.9. The van der Waals surface area contributed by atoms with Crippen molar-refractivity contribution >= 4 is 72.2 Å². The fourth-order valence-electron chi connectivity index (χ4n) is 12.1. The highest BCUT2D eigenvalue weighted by molar-refractivity contribution is 6.11. The quantitative estimate of drug-likeness (QED) is 0.144. The van der Waals surface area contributed by atoms with E-state index in [1.807, 2.05) is 0 Å². The first-order valence-corrected chi connectivity index (χ1v) is 26.2. The number of fused-ring (bicyclic) bond motifs is 9. The van der Waals surface area contributed by atoms with Crippen LogP contribution in [0, 0.1) is 0 Å². The lowest BCUT2D eigenvalue weighted by Crippen LogP contribution is -2.28. The average molecular weight is 972 g/mol. The van der Waals surface area contributed by atoms with Gasteiger partial charge in [-0.05, 0) is 153 Å². The standard InChI is InChI=1S/C72H49N3O/c1-3-16-48(17-4-1)50-30-35-56(36-31-50)73(57-37-32-51(33-38-57)49-18-5-2-6-19-49)58-21-15-20-52(43-58)54-42-55(45-60(44-54)75-69-28-13-9-24-63(69)64-25-10-14-29-70(64)75)53-34-40-71-65(46-53)66-47-59(39-41-72(66)76-71)74-67-26-11-7-22-61(67)62-23-8-12-27-68(62)74/h1-47,63,69H. The lowest BCUT2D eigenvalue weighted by atomic mass is 9.91. The lowest BCUT2D eigenvalue weighted by molar-refractivity contribution is 0.669. The third-order valence-corrected chi connectivity index (χ3v) is 15.7. The average Bonchev–Trinajstić information content (AvgIpc) is 4.19. The van der Waals surface area contributed by atoms with Crippen LogP contribution in [0.2, 0.25) is 0 Å². The Hall–Kier alpha value is -9.90. The lowest BCUT2D eigenvalue weighted by Gasteiger charge is -2.30. The molecular weight excluding hydrogens is 923 g/mol. The Bertz CT molecular complexity index is 4280. The highest BCUT2D eigenvalue weighted by Gasteiger charge is 2.37. The molecule has 3 heterocycles. The van der Waals surface area contributed by atoms with Crippen LogP contribution in [0.4, 0.5) is 28.4 Å². The Balaban J connectivity index is 0.885. The number of furan rings is 1. The summed E-state index contributed by atoms with van der Waals surface area (Å²) in [6, 6.07) is 95.1. The molecule has 0 spiro atoms. The van der Waals surface area contributed by atoms with Crippen molar-refractivity contribution in [3.63, 3.8) is 0 Å². The van der Waals surface area contributed by atoms with Crippen molar-refractivity contribution in [1.29, 1.82) is 0 Å². The largest absolute Gasteiger partial charge is 0.456 e. The summed E-state index contributed by atoms with van der Waals surface area (Å²) in [6.07, 6.45) is 9.12. The Morgan fingerprint density at radius 2 is 0.855 bits per heavy atom. The van der Waals surface area contributed by atoms with Crippen LogP contribution >= 0.6 is 0 Å². The molecule has 76 heavy (non-hydrogen) atoms. The maximum atomic E-state index is 6.62. The minimum absolute atomic E-state index is 0.143. The molecule has 2 aromatic heterocycles. The van der Waals surface area contributed by atoms with Crippen LogP contribution in [0.25, 0.3) is 93.9 Å². The second-order valence-electron chi connectivity index (χ2n) is 20.1. The third kappa shape index (κ3) is 7.37. The molecule has 4 heteroatoms. The number of para-hydroxylation sites is 3. The van der Waals surface area contributed by atoms with Crippen molar-refractivity contribution in [2.75, 3.05) is 9.80 Å². The van der Waals surface area contributed by atoms with Crippen molar-refractivity contribution in [3.05, 3.63) is 291 Å². The van der Waals surface area contributed by atoms with Gasteiger partial charge in [0.1, 0.15) is 11.2 Å². The van der Waals surface area contributed by atoms with Crippen molar-refractivity contribution in [3.8, 4) is 50.2 Å². The van der Waals surface area contributed by atoms with Gasteiger partial charge in [0.15, 0.2) is 0 Å². The summed E-state index contributed by atoms with van der Waals surface area (Å²) in [7, 11) is 0. The molecule has 0 N–H and O–H groups in total.